The van der Waals surface area contributed by atoms with Gasteiger partial charge in [0, 0.05) is 21.4 Å². The molecule has 0 unspecified atom stereocenters. The number of hydrogen-bond donors (Lipinski definition) is 1. The van der Waals surface area contributed by atoms with Crippen molar-refractivity contribution in [1.82, 2.24) is 4.98 Å². The number of aromatic nitrogens is 1. The molecule has 0 radical (unpaired) electrons. The molecule has 0 saturated carbocycles. The van der Waals surface area contributed by atoms with E-state index in [4.69, 9.17) is 5.73 Å². The Morgan fingerprint density at radius 2 is 1.86 bits per heavy atom. The minimum Gasteiger partial charge on any atom is -0.380 e. The highest BCUT2D eigenvalue weighted by Crippen LogP contribution is 2.33. The molecule has 1 aromatic carbocycles. The van der Waals surface area contributed by atoms with Crippen molar-refractivity contribution in [2.24, 2.45) is 15.9 Å². The number of nitrogens with two attached hydrogens (primary N) is 1. The lowest BCUT2D eigenvalue weighted by Gasteiger charge is -2.18. The number of pyridine rings is 1. The van der Waals surface area contributed by atoms with Gasteiger partial charge in [-0.3, -0.25) is 4.98 Å². The maximum absolute atomic E-state index is 5.87. The lowest BCUT2D eigenvalue weighted by molar-refractivity contribution is 0.802. The first kappa shape index (κ1) is 16.2. The Labute approximate surface area is 135 Å². The normalized spacial score (nSPS) is 12.8. The van der Waals surface area contributed by atoms with Crippen molar-refractivity contribution in [3.63, 3.8) is 0 Å². The SMILES string of the molecule is CC(C)(C)Sc1ccccc1/C=N/N=C(\N)c1ccccn1. The van der Waals surface area contributed by atoms with E-state index in [1.54, 1.807) is 30.2 Å². The topological polar surface area (TPSA) is 63.6 Å². The number of thioether (sulfide) groups is 1. The molecular weight excluding hydrogens is 292 g/mol. The number of rotatable bonds is 4. The van der Waals surface area contributed by atoms with E-state index in [-0.39, 0.29) is 4.75 Å². The molecule has 22 heavy (non-hydrogen) atoms. The second kappa shape index (κ2) is 7.22. The van der Waals surface area contributed by atoms with Gasteiger partial charge in [-0.15, -0.1) is 16.9 Å². The van der Waals surface area contributed by atoms with E-state index in [1.165, 1.54) is 4.90 Å². The summed E-state index contributed by atoms with van der Waals surface area (Å²) in [4.78, 5) is 5.31. The van der Waals surface area contributed by atoms with Gasteiger partial charge >= 0.3 is 0 Å². The first-order valence-electron chi connectivity index (χ1n) is 7.02. The predicted octanol–water partition coefficient (Wildman–Crippen LogP) is 3.71. The van der Waals surface area contributed by atoms with Crippen LogP contribution >= 0.6 is 11.8 Å². The van der Waals surface area contributed by atoms with Crippen LogP contribution in [-0.4, -0.2) is 21.8 Å². The summed E-state index contributed by atoms with van der Waals surface area (Å²) in [6.45, 7) is 6.55. The highest BCUT2D eigenvalue weighted by atomic mass is 32.2. The van der Waals surface area contributed by atoms with Gasteiger partial charge in [0.1, 0.15) is 5.69 Å². The van der Waals surface area contributed by atoms with Crippen LogP contribution in [-0.2, 0) is 0 Å². The van der Waals surface area contributed by atoms with E-state index >= 15 is 0 Å². The Kier molecular flexibility index (Phi) is 5.33. The number of benzene rings is 1. The predicted molar refractivity (Wildman–Crippen MR) is 94.6 cm³/mol. The summed E-state index contributed by atoms with van der Waals surface area (Å²) in [7, 11) is 0. The van der Waals surface area contributed by atoms with Crippen molar-refractivity contribution in [1.29, 1.82) is 0 Å². The molecule has 0 fully saturated rings. The highest BCUT2D eigenvalue weighted by Gasteiger charge is 2.13. The van der Waals surface area contributed by atoms with Gasteiger partial charge in [0.05, 0.1) is 6.21 Å². The van der Waals surface area contributed by atoms with Crippen molar-refractivity contribution in [3.05, 3.63) is 59.9 Å². The van der Waals surface area contributed by atoms with E-state index in [0.29, 0.717) is 11.5 Å². The zero-order valence-corrected chi connectivity index (χ0v) is 13.8. The van der Waals surface area contributed by atoms with Gasteiger partial charge in [0.15, 0.2) is 5.84 Å². The summed E-state index contributed by atoms with van der Waals surface area (Å²) >= 11 is 1.80. The Morgan fingerprint density at radius 3 is 2.55 bits per heavy atom. The van der Waals surface area contributed by atoms with Gasteiger partial charge in [0.2, 0.25) is 0 Å². The van der Waals surface area contributed by atoms with E-state index in [2.05, 4.69) is 42.0 Å². The molecule has 114 valence electrons. The number of nitrogens with zero attached hydrogens (tertiary/aromatic N) is 3. The third kappa shape index (κ3) is 5.00. The highest BCUT2D eigenvalue weighted by molar-refractivity contribution is 8.00. The minimum absolute atomic E-state index is 0.139. The molecule has 0 aliphatic carbocycles. The van der Waals surface area contributed by atoms with Crippen LogP contribution in [0.5, 0.6) is 0 Å². The zero-order chi connectivity index (χ0) is 16.0. The molecule has 5 heteroatoms. The van der Waals surface area contributed by atoms with Crippen LogP contribution in [0, 0.1) is 0 Å². The Morgan fingerprint density at radius 1 is 1.14 bits per heavy atom. The maximum atomic E-state index is 5.87. The largest absolute Gasteiger partial charge is 0.380 e. The van der Waals surface area contributed by atoms with Crippen LogP contribution < -0.4 is 5.73 Å². The molecular formula is C17H20N4S. The van der Waals surface area contributed by atoms with Crippen LogP contribution in [0.25, 0.3) is 0 Å². The van der Waals surface area contributed by atoms with E-state index in [9.17, 15) is 0 Å². The van der Waals surface area contributed by atoms with Crippen LogP contribution in [0.1, 0.15) is 32.0 Å². The average Bonchev–Trinajstić information content (AvgIpc) is 2.48. The maximum Gasteiger partial charge on any atom is 0.171 e. The monoisotopic (exact) mass is 312 g/mol. The molecule has 4 nitrogen and oxygen atoms in total. The molecule has 1 heterocycles. The van der Waals surface area contributed by atoms with E-state index in [0.717, 1.165) is 5.56 Å². The Balaban J connectivity index is 2.17. The van der Waals surface area contributed by atoms with E-state index < -0.39 is 0 Å². The number of hydrogen-bond acceptors (Lipinski definition) is 4. The minimum atomic E-state index is 0.139. The van der Waals surface area contributed by atoms with Crippen LogP contribution in [0.15, 0.2) is 63.8 Å². The quantitative estimate of drug-likeness (QED) is 0.405. The van der Waals surface area contributed by atoms with Crippen molar-refractivity contribution in [2.45, 2.75) is 30.4 Å². The molecule has 0 aliphatic heterocycles. The van der Waals surface area contributed by atoms with E-state index in [1.807, 2.05) is 30.3 Å². The van der Waals surface area contributed by atoms with Crippen molar-refractivity contribution in [2.75, 3.05) is 0 Å². The molecule has 2 N–H and O–H groups in total. The Bertz CT molecular complexity index is 673. The standard InChI is InChI=1S/C17H20N4S/c1-17(2,3)22-15-10-5-4-8-13(15)12-20-21-16(18)14-9-6-7-11-19-14/h4-12H,1-3H3,(H2,18,21)/b20-12+. The van der Waals surface area contributed by atoms with Crippen molar-refractivity contribution < 1.29 is 0 Å². The molecule has 0 aliphatic rings. The summed E-state index contributed by atoms with van der Waals surface area (Å²) in [5, 5.41) is 8.11. The van der Waals surface area contributed by atoms with Crippen LogP contribution in [0.4, 0.5) is 0 Å². The fraction of sp³-hybridized carbons (Fsp3) is 0.235. The second-order valence-corrected chi connectivity index (χ2v) is 7.57. The fourth-order valence-electron chi connectivity index (χ4n) is 1.73. The second-order valence-electron chi connectivity index (χ2n) is 5.70. The van der Waals surface area contributed by atoms with Crippen LogP contribution in [0.2, 0.25) is 0 Å². The molecule has 0 amide bonds. The zero-order valence-electron chi connectivity index (χ0n) is 13.0. The fourth-order valence-corrected chi connectivity index (χ4v) is 2.77. The molecule has 0 atom stereocenters. The van der Waals surface area contributed by atoms with Gasteiger partial charge in [-0.25, -0.2) is 0 Å². The summed E-state index contributed by atoms with van der Waals surface area (Å²) in [5.41, 5.74) is 7.52. The van der Waals surface area contributed by atoms with Crippen molar-refractivity contribution >= 4 is 23.8 Å². The molecule has 1 aromatic heterocycles. The number of amidine groups is 1. The van der Waals surface area contributed by atoms with Gasteiger partial charge in [-0.1, -0.05) is 45.0 Å². The first-order valence-corrected chi connectivity index (χ1v) is 7.83. The van der Waals surface area contributed by atoms with Gasteiger partial charge in [-0.2, -0.15) is 5.10 Å². The van der Waals surface area contributed by atoms with Crippen molar-refractivity contribution in [3.8, 4) is 0 Å². The summed E-state index contributed by atoms with van der Waals surface area (Å²) < 4.78 is 0.139. The van der Waals surface area contributed by atoms with Gasteiger partial charge in [0.25, 0.3) is 0 Å². The van der Waals surface area contributed by atoms with Gasteiger partial charge < -0.3 is 5.73 Å². The molecule has 0 bridgehead atoms. The lowest BCUT2D eigenvalue weighted by Crippen LogP contribution is -2.14. The smallest absolute Gasteiger partial charge is 0.171 e. The van der Waals surface area contributed by atoms with Gasteiger partial charge in [-0.05, 0) is 18.2 Å². The third-order valence-electron chi connectivity index (χ3n) is 2.62. The Hall–Kier alpha value is -2.14. The first-order chi connectivity index (χ1) is 10.5. The lowest BCUT2D eigenvalue weighted by atomic mass is 10.2. The molecule has 0 spiro atoms. The summed E-state index contributed by atoms with van der Waals surface area (Å²) in [6.07, 6.45) is 3.40. The van der Waals surface area contributed by atoms with Crippen LogP contribution in [0.3, 0.4) is 0 Å². The summed E-state index contributed by atoms with van der Waals surface area (Å²) in [6, 6.07) is 13.6. The molecule has 0 saturated heterocycles. The third-order valence-corrected chi connectivity index (χ3v) is 3.83. The summed E-state index contributed by atoms with van der Waals surface area (Å²) in [5.74, 6) is 0.304. The molecule has 2 rings (SSSR count). The average molecular weight is 312 g/mol. The molecule has 2 aromatic rings.